The van der Waals surface area contributed by atoms with Gasteiger partial charge in [-0.1, -0.05) is 47.5 Å². The first kappa shape index (κ1) is 18.2. The van der Waals surface area contributed by atoms with Gasteiger partial charge in [0.15, 0.2) is 0 Å². The highest BCUT2D eigenvalue weighted by Gasteiger charge is 2.27. The van der Waals surface area contributed by atoms with Gasteiger partial charge in [0.2, 0.25) is 0 Å². The van der Waals surface area contributed by atoms with Gasteiger partial charge in [-0.15, -0.1) is 10.1 Å². The van der Waals surface area contributed by atoms with Crippen molar-refractivity contribution in [2.24, 2.45) is 0 Å². The number of hydrogen-bond acceptors (Lipinski definition) is 3. The van der Waals surface area contributed by atoms with Crippen molar-refractivity contribution in [2.45, 2.75) is 18.9 Å². The molecule has 0 amide bonds. The van der Waals surface area contributed by atoms with Crippen LogP contribution in [0, 0.1) is 10.1 Å². The van der Waals surface area contributed by atoms with Gasteiger partial charge in [0, 0.05) is 28.0 Å². The van der Waals surface area contributed by atoms with Crippen LogP contribution in [0.2, 0.25) is 10.0 Å². The van der Waals surface area contributed by atoms with Crippen LogP contribution in [0.5, 0.6) is 0 Å². The number of imidazole rings is 1. The van der Waals surface area contributed by atoms with E-state index < -0.39 is 5.09 Å². The molecule has 1 heterocycles. The minimum absolute atomic E-state index is 0.0426. The summed E-state index contributed by atoms with van der Waals surface area (Å²) in [6, 6.07) is 12.5. The lowest BCUT2D eigenvalue weighted by Gasteiger charge is -2.23. The van der Waals surface area contributed by atoms with Crippen LogP contribution in [0.1, 0.15) is 28.3 Å². The molecule has 0 radical (unpaired) electrons. The average molecular weight is 392 g/mol. The van der Waals surface area contributed by atoms with Crippen LogP contribution >= 0.6 is 23.2 Å². The summed E-state index contributed by atoms with van der Waals surface area (Å²) in [6.07, 6.45) is 7.57. The van der Waals surface area contributed by atoms with Gasteiger partial charge in [-0.25, -0.2) is 4.98 Å². The number of aromatic nitrogens is 2. The second kappa shape index (κ2) is 7.76. The summed E-state index contributed by atoms with van der Waals surface area (Å²) in [7, 11) is 0. The Bertz CT molecular complexity index is 925. The Morgan fingerprint density at radius 3 is 2.58 bits per heavy atom. The molecule has 1 aliphatic rings. The number of rotatable bonds is 1. The summed E-state index contributed by atoms with van der Waals surface area (Å²) in [5.41, 5.74) is 4.98. The third kappa shape index (κ3) is 3.81. The molecule has 4 rings (SSSR count). The maximum Gasteiger partial charge on any atom is 0.291 e. The smallest absolute Gasteiger partial charge is 0.291 e. The van der Waals surface area contributed by atoms with Gasteiger partial charge in [0.05, 0.1) is 12.4 Å². The molecule has 26 heavy (non-hydrogen) atoms. The van der Waals surface area contributed by atoms with Gasteiger partial charge >= 0.3 is 0 Å². The number of nitrogens with zero attached hydrogens (tertiary/aromatic N) is 3. The lowest BCUT2D eigenvalue weighted by molar-refractivity contribution is -0.742. The van der Waals surface area contributed by atoms with E-state index in [0.717, 1.165) is 23.4 Å². The monoisotopic (exact) mass is 391 g/mol. The highest BCUT2D eigenvalue weighted by atomic mass is 35.5. The molecule has 6 nitrogen and oxygen atoms in total. The fraction of sp³-hybridized carbons (Fsp3) is 0.167. The molecule has 0 bridgehead atoms. The average Bonchev–Trinajstić information content (AvgIpc) is 3.04. The first-order valence-corrected chi connectivity index (χ1v) is 8.59. The summed E-state index contributed by atoms with van der Waals surface area (Å²) in [6.45, 7) is 0. The molecule has 1 N–H and O–H groups in total. The van der Waals surface area contributed by atoms with Gasteiger partial charge in [-0.2, -0.15) is 0 Å². The molecule has 0 fully saturated rings. The summed E-state index contributed by atoms with van der Waals surface area (Å²) in [5, 5.41) is 15.1. The Morgan fingerprint density at radius 1 is 1.19 bits per heavy atom. The molecule has 134 valence electrons. The zero-order chi connectivity index (χ0) is 18.7. The molecule has 8 heteroatoms. The third-order valence-corrected chi connectivity index (χ3v) is 4.82. The van der Waals surface area contributed by atoms with Crippen molar-refractivity contribution in [2.75, 3.05) is 0 Å². The van der Waals surface area contributed by atoms with Crippen LogP contribution in [0.3, 0.4) is 0 Å². The Hall–Kier alpha value is -2.57. The van der Waals surface area contributed by atoms with Crippen molar-refractivity contribution in [3.05, 3.63) is 97.5 Å². The first-order chi connectivity index (χ1) is 12.5. The Morgan fingerprint density at radius 2 is 1.88 bits per heavy atom. The van der Waals surface area contributed by atoms with E-state index in [1.807, 2.05) is 24.7 Å². The van der Waals surface area contributed by atoms with Crippen molar-refractivity contribution in [1.29, 1.82) is 0 Å². The Balaban J connectivity index is 0.000000447. The van der Waals surface area contributed by atoms with Crippen LogP contribution in [-0.4, -0.2) is 19.8 Å². The number of benzene rings is 2. The van der Waals surface area contributed by atoms with Gasteiger partial charge in [0.1, 0.15) is 0 Å². The van der Waals surface area contributed by atoms with Crippen LogP contribution in [0.25, 0.3) is 0 Å². The topological polar surface area (TPSA) is 81.2 Å². The molecule has 0 saturated heterocycles. The third-order valence-electron chi connectivity index (χ3n) is 4.29. The SMILES string of the molecule is Clc1cc(Cl)c2c(c1)CCc1ccccc1C2n1ccnc1.O=[N+]([O-])O. The normalized spacial score (nSPS) is 15.1. The fourth-order valence-electron chi connectivity index (χ4n) is 3.34. The zero-order valence-electron chi connectivity index (χ0n) is 13.5. The summed E-state index contributed by atoms with van der Waals surface area (Å²) >= 11 is 12.8. The highest BCUT2D eigenvalue weighted by molar-refractivity contribution is 6.35. The predicted molar refractivity (Wildman–Crippen MR) is 98.6 cm³/mol. The Kier molecular flexibility index (Phi) is 5.44. The van der Waals surface area contributed by atoms with Gasteiger partial charge in [-0.05, 0) is 41.7 Å². The molecule has 0 aliphatic heterocycles. The van der Waals surface area contributed by atoms with E-state index in [-0.39, 0.29) is 6.04 Å². The zero-order valence-corrected chi connectivity index (χ0v) is 15.1. The fourth-order valence-corrected chi connectivity index (χ4v) is 3.98. The maximum atomic E-state index is 8.36. The van der Waals surface area contributed by atoms with Gasteiger partial charge in [-0.3, -0.25) is 0 Å². The molecule has 0 saturated carbocycles. The van der Waals surface area contributed by atoms with Crippen LogP contribution in [0.15, 0.2) is 55.1 Å². The number of fused-ring (bicyclic) bond motifs is 2. The van der Waals surface area contributed by atoms with E-state index >= 15 is 0 Å². The highest BCUT2D eigenvalue weighted by Crippen LogP contribution is 2.40. The minimum Gasteiger partial charge on any atom is -0.328 e. The Labute approximate surface area is 159 Å². The minimum atomic E-state index is -1.50. The standard InChI is InChI=1S/C18H14Cl2N2.HNO3/c19-14-9-13-6-5-12-3-1-2-4-15(12)18(17(13)16(20)10-14)22-8-7-21-11-22;2-1(3)4/h1-4,7-11,18H,5-6H2;(H,2,3,4). The molecule has 3 aromatic rings. The molecule has 1 unspecified atom stereocenters. The van der Waals surface area contributed by atoms with E-state index in [1.165, 1.54) is 16.7 Å². The second-order valence-corrected chi connectivity index (χ2v) is 6.65. The summed E-state index contributed by atoms with van der Waals surface area (Å²) < 4.78 is 2.11. The lowest BCUT2D eigenvalue weighted by atomic mass is 9.94. The van der Waals surface area contributed by atoms with E-state index in [1.54, 1.807) is 6.20 Å². The molecule has 1 aromatic heterocycles. The van der Waals surface area contributed by atoms with Crippen LogP contribution in [0.4, 0.5) is 0 Å². The second-order valence-electron chi connectivity index (χ2n) is 5.81. The number of hydrogen-bond donors (Lipinski definition) is 1. The van der Waals surface area contributed by atoms with Crippen molar-refractivity contribution >= 4 is 23.2 Å². The predicted octanol–water partition coefficient (Wildman–Crippen LogP) is 4.58. The van der Waals surface area contributed by atoms with Crippen molar-refractivity contribution < 1.29 is 10.3 Å². The van der Waals surface area contributed by atoms with Crippen molar-refractivity contribution in [3.63, 3.8) is 0 Å². The largest absolute Gasteiger partial charge is 0.328 e. The number of halogens is 2. The van der Waals surface area contributed by atoms with E-state index in [4.69, 9.17) is 38.5 Å². The molecule has 1 aliphatic carbocycles. The van der Waals surface area contributed by atoms with E-state index in [2.05, 4.69) is 33.8 Å². The first-order valence-electron chi connectivity index (χ1n) is 7.83. The summed E-state index contributed by atoms with van der Waals surface area (Å²) in [5.74, 6) is 0. The van der Waals surface area contributed by atoms with E-state index in [9.17, 15) is 0 Å². The quantitative estimate of drug-likeness (QED) is 0.486. The van der Waals surface area contributed by atoms with Gasteiger partial charge < -0.3 is 9.77 Å². The molecule has 2 aromatic carbocycles. The molecular weight excluding hydrogens is 377 g/mol. The lowest BCUT2D eigenvalue weighted by Crippen LogP contribution is -2.13. The van der Waals surface area contributed by atoms with Crippen molar-refractivity contribution in [1.82, 2.24) is 9.55 Å². The number of aryl methyl sites for hydroxylation is 2. The van der Waals surface area contributed by atoms with E-state index in [0.29, 0.717) is 5.02 Å². The maximum absolute atomic E-state index is 8.36. The van der Waals surface area contributed by atoms with Crippen LogP contribution in [-0.2, 0) is 12.8 Å². The molecular formula is C18H15Cl2N3O3. The van der Waals surface area contributed by atoms with Crippen molar-refractivity contribution in [3.8, 4) is 0 Å². The molecule has 0 spiro atoms. The van der Waals surface area contributed by atoms with Crippen LogP contribution < -0.4 is 0 Å². The van der Waals surface area contributed by atoms with Gasteiger partial charge in [0.25, 0.3) is 5.09 Å². The molecule has 1 atom stereocenters. The summed E-state index contributed by atoms with van der Waals surface area (Å²) in [4.78, 5) is 12.6.